The van der Waals surface area contributed by atoms with Crippen molar-refractivity contribution in [3.63, 3.8) is 0 Å². The first-order valence-electron chi connectivity index (χ1n) is 15.9. The fraction of sp³-hybridized carbons (Fsp3) is 0.613. The molecule has 12 nitrogen and oxygen atoms in total. The molecule has 4 fully saturated rings. The zero-order valence-electron chi connectivity index (χ0n) is 25.3. The third kappa shape index (κ3) is 6.07. The molecule has 3 aromatic heterocycles. The van der Waals surface area contributed by atoms with E-state index in [-0.39, 0.29) is 5.69 Å². The Hall–Kier alpha value is -3.13. The predicted octanol–water partition coefficient (Wildman–Crippen LogP) is 2.97. The summed E-state index contributed by atoms with van der Waals surface area (Å²) >= 11 is 0. The Morgan fingerprint density at radius 3 is 2.34 bits per heavy atom. The van der Waals surface area contributed by atoms with Crippen molar-refractivity contribution in [1.82, 2.24) is 29.4 Å². The zero-order chi connectivity index (χ0) is 30.3. The number of nitrogens with zero attached hydrogens (tertiary/aromatic N) is 6. The number of ether oxygens (including phenoxy) is 2. The van der Waals surface area contributed by atoms with Gasteiger partial charge in [0.2, 0.25) is 10.0 Å². The Bertz CT molecular complexity index is 1620. The fourth-order valence-electron chi connectivity index (χ4n) is 7.06. The maximum atomic E-state index is 13.3. The van der Waals surface area contributed by atoms with Crippen molar-refractivity contribution in [1.29, 1.82) is 0 Å². The van der Waals surface area contributed by atoms with Gasteiger partial charge in [0.25, 0.3) is 5.91 Å². The summed E-state index contributed by atoms with van der Waals surface area (Å²) in [5, 5.41) is 6.15. The third-order valence-electron chi connectivity index (χ3n) is 9.66. The SMILES string of the molecule is CS(=O)(=O)NC(=O)c1cc(N2CCC(N3CCOCC3)CC2)c2c(C3CCC3)nn(-c3ccnc(C4CCOCC4)c3)c2n1. The second kappa shape index (κ2) is 12.3. The van der Waals surface area contributed by atoms with Crippen molar-refractivity contribution in [3.8, 4) is 5.69 Å². The van der Waals surface area contributed by atoms with E-state index >= 15 is 0 Å². The lowest BCUT2D eigenvalue weighted by atomic mass is 9.82. The van der Waals surface area contributed by atoms with Gasteiger partial charge in [-0.1, -0.05) is 6.42 Å². The van der Waals surface area contributed by atoms with Crippen molar-refractivity contribution >= 4 is 32.7 Å². The van der Waals surface area contributed by atoms with Crippen molar-refractivity contribution in [2.75, 3.05) is 63.8 Å². The molecule has 1 amide bonds. The normalized spacial score (nSPS) is 21.4. The Kier molecular flexibility index (Phi) is 8.29. The predicted molar refractivity (Wildman–Crippen MR) is 166 cm³/mol. The number of hydrogen-bond donors (Lipinski definition) is 1. The number of piperidine rings is 1. The molecule has 236 valence electrons. The zero-order valence-corrected chi connectivity index (χ0v) is 26.1. The number of anilines is 1. The highest BCUT2D eigenvalue weighted by Crippen LogP contribution is 2.43. The maximum Gasteiger partial charge on any atom is 0.283 e. The minimum absolute atomic E-state index is 0.0632. The molecule has 1 N–H and O–H groups in total. The molecule has 3 aromatic rings. The first kappa shape index (κ1) is 29.6. The number of sulfonamides is 1. The highest BCUT2D eigenvalue weighted by Gasteiger charge is 2.33. The number of carbonyl (C=O) groups is 1. The first-order valence-corrected chi connectivity index (χ1v) is 17.8. The van der Waals surface area contributed by atoms with Gasteiger partial charge in [0, 0.05) is 69.2 Å². The van der Waals surface area contributed by atoms with Crippen LogP contribution in [0.5, 0.6) is 0 Å². The summed E-state index contributed by atoms with van der Waals surface area (Å²) in [6, 6.07) is 6.27. The number of pyridine rings is 2. The molecule has 44 heavy (non-hydrogen) atoms. The minimum atomic E-state index is -3.78. The van der Waals surface area contributed by atoms with Crippen molar-refractivity contribution in [2.24, 2.45) is 0 Å². The number of carbonyl (C=O) groups excluding carboxylic acids is 1. The highest BCUT2D eigenvalue weighted by atomic mass is 32.2. The smallest absolute Gasteiger partial charge is 0.283 e. The Morgan fingerprint density at radius 2 is 1.66 bits per heavy atom. The van der Waals surface area contributed by atoms with Crippen LogP contribution in [0.1, 0.15) is 78.7 Å². The molecule has 0 aromatic carbocycles. The topological polar surface area (TPSA) is 132 Å². The number of fused-ring (bicyclic) bond motifs is 1. The molecule has 1 aliphatic carbocycles. The summed E-state index contributed by atoms with van der Waals surface area (Å²) in [6.07, 6.45) is 9.91. The molecule has 0 unspecified atom stereocenters. The Labute approximate surface area is 258 Å². The summed E-state index contributed by atoms with van der Waals surface area (Å²) in [5.74, 6) is -0.115. The van der Waals surface area contributed by atoms with Crippen LogP contribution in [0, 0.1) is 0 Å². The van der Waals surface area contributed by atoms with Crippen LogP contribution < -0.4 is 9.62 Å². The number of hydrogen-bond acceptors (Lipinski definition) is 10. The van der Waals surface area contributed by atoms with Crippen LogP contribution in [0.2, 0.25) is 0 Å². The number of aromatic nitrogens is 4. The van der Waals surface area contributed by atoms with Gasteiger partial charge in [-0.2, -0.15) is 5.10 Å². The van der Waals surface area contributed by atoms with E-state index in [0.29, 0.717) is 23.5 Å². The van der Waals surface area contributed by atoms with Gasteiger partial charge in [-0.15, -0.1) is 0 Å². The van der Waals surface area contributed by atoms with Gasteiger partial charge in [-0.05, 0) is 56.7 Å². The molecule has 13 heteroatoms. The summed E-state index contributed by atoms with van der Waals surface area (Å²) < 4.78 is 39.2. The lowest BCUT2D eigenvalue weighted by Gasteiger charge is -2.41. The van der Waals surface area contributed by atoms with Gasteiger partial charge >= 0.3 is 0 Å². The molecule has 0 atom stereocenters. The van der Waals surface area contributed by atoms with Gasteiger partial charge in [-0.3, -0.25) is 14.7 Å². The molecule has 0 radical (unpaired) electrons. The van der Waals surface area contributed by atoms with Gasteiger partial charge < -0.3 is 14.4 Å². The monoisotopic (exact) mass is 623 g/mol. The van der Waals surface area contributed by atoms with Crippen molar-refractivity contribution in [3.05, 3.63) is 41.5 Å². The van der Waals surface area contributed by atoms with E-state index in [1.165, 1.54) is 0 Å². The Balaban J connectivity index is 1.32. The van der Waals surface area contributed by atoms with E-state index < -0.39 is 15.9 Å². The lowest BCUT2D eigenvalue weighted by Crippen LogP contribution is -2.49. The molecule has 0 bridgehead atoms. The van der Waals surface area contributed by atoms with E-state index in [1.54, 1.807) is 6.07 Å². The van der Waals surface area contributed by atoms with E-state index in [1.807, 2.05) is 16.9 Å². The van der Waals surface area contributed by atoms with Crippen LogP contribution in [-0.2, 0) is 19.5 Å². The molecule has 4 aliphatic rings. The van der Waals surface area contributed by atoms with Gasteiger partial charge in [0.15, 0.2) is 5.65 Å². The second-order valence-electron chi connectivity index (χ2n) is 12.5. The van der Waals surface area contributed by atoms with Crippen LogP contribution in [0.4, 0.5) is 5.69 Å². The van der Waals surface area contributed by atoms with Crippen LogP contribution >= 0.6 is 0 Å². The number of morpholine rings is 1. The van der Waals surface area contributed by atoms with Crippen LogP contribution in [-0.4, -0.2) is 104 Å². The summed E-state index contributed by atoms with van der Waals surface area (Å²) in [5.41, 5.74) is 4.37. The molecule has 3 aliphatic heterocycles. The van der Waals surface area contributed by atoms with Crippen molar-refractivity contribution < 1.29 is 22.7 Å². The van der Waals surface area contributed by atoms with E-state index in [9.17, 15) is 13.2 Å². The fourth-order valence-corrected chi connectivity index (χ4v) is 7.50. The quantitative estimate of drug-likeness (QED) is 0.419. The number of nitrogens with one attached hydrogen (secondary N) is 1. The molecule has 0 spiro atoms. The third-order valence-corrected chi connectivity index (χ3v) is 10.2. The van der Waals surface area contributed by atoms with Crippen LogP contribution in [0.3, 0.4) is 0 Å². The van der Waals surface area contributed by atoms with Gasteiger partial charge in [0.05, 0.1) is 41.9 Å². The molecular formula is C31H41N7O5S. The van der Waals surface area contributed by atoms with E-state index in [2.05, 4.69) is 20.6 Å². The molecule has 7 rings (SSSR count). The average Bonchev–Trinajstić information content (AvgIpc) is 3.39. The first-order chi connectivity index (χ1) is 21.3. The van der Waals surface area contributed by atoms with Gasteiger partial charge in [-0.25, -0.2) is 22.8 Å². The standard InChI is InChI=1S/C31H41N7O5S/c1-44(40,41)35-31(39)26-20-27(37-11-6-23(7-12-37)36-13-17-43-18-14-36)28-29(22-3-2-4-22)34-38(30(28)33-26)24-5-10-32-25(19-24)21-8-15-42-16-9-21/h5,10,19-23H,2-4,6-9,11-18H2,1H3,(H,35,39). The summed E-state index contributed by atoms with van der Waals surface area (Å²) in [6.45, 7) is 6.57. The molecule has 3 saturated heterocycles. The lowest BCUT2D eigenvalue weighted by molar-refractivity contribution is 0.0115. The van der Waals surface area contributed by atoms with Crippen LogP contribution in [0.15, 0.2) is 24.4 Å². The number of amides is 1. The summed E-state index contributed by atoms with van der Waals surface area (Å²) in [7, 11) is -3.78. The Morgan fingerprint density at radius 1 is 0.932 bits per heavy atom. The summed E-state index contributed by atoms with van der Waals surface area (Å²) in [4.78, 5) is 27.7. The molecule has 6 heterocycles. The highest BCUT2D eigenvalue weighted by molar-refractivity contribution is 7.89. The van der Waals surface area contributed by atoms with E-state index in [4.69, 9.17) is 24.5 Å². The largest absolute Gasteiger partial charge is 0.381 e. The van der Waals surface area contributed by atoms with Gasteiger partial charge in [0.1, 0.15) is 5.69 Å². The molecular weight excluding hydrogens is 582 g/mol. The van der Waals surface area contributed by atoms with Crippen LogP contribution in [0.25, 0.3) is 16.7 Å². The molecule has 1 saturated carbocycles. The average molecular weight is 624 g/mol. The van der Waals surface area contributed by atoms with E-state index in [0.717, 1.165) is 132 Å². The minimum Gasteiger partial charge on any atom is -0.381 e. The second-order valence-corrected chi connectivity index (χ2v) is 14.3. The number of rotatable bonds is 7. The maximum absolute atomic E-state index is 13.3. The van der Waals surface area contributed by atoms with Crippen molar-refractivity contribution in [2.45, 2.75) is 62.8 Å².